The van der Waals surface area contributed by atoms with E-state index in [1.165, 1.54) is 0 Å². The molecule has 0 aromatic heterocycles. The van der Waals surface area contributed by atoms with Crippen molar-refractivity contribution in [3.05, 3.63) is 0 Å². The SMILES string of the molecule is CC1(C)CNC(=O)C(CC#N)N(C(C)(C)C)C1. The predicted molar refractivity (Wildman–Crippen MR) is 67.3 cm³/mol. The molecule has 0 saturated carbocycles. The summed E-state index contributed by atoms with van der Waals surface area (Å²) in [7, 11) is 0. The van der Waals surface area contributed by atoms with Crippen LogP contribution in [-0.2, 0) is 4.79 Å². The van der Waals surface area contributed by atoms with Crippen LogP contribution in [0.25, 0.3) is 0 Å². The monoisotopic (exact) mass is 237 g/mol. The average Bonchev–Trinajstić information content (AvgIpc) is 2.28. The summed E-state index contributed by atoms with van der Waals surface area (Å²) in [6, 6.07) is 1.79. The van der Waals surface area contributed by atoms with Crippen LogP contribution in [0.15, 0.2) is 0 Å². The molecule has 0 aromatic carbocycles. The molecule has 96 valence electrons. The molecule has 0 spiro atoms. The summed E-state index contributed by atoms with van der Waals surface area (Å²) in [5.41, 5.74) is -0.0758. The Morgan fingerprint density at radius 3 is 2.59 bits per heavy atom. The molecule has 4 heteroatoms. The van der Waals surface area contributed by atoms with E-state index in [0.29, 0.717) is 6.54 Å². The molecule has 1 aliphatic rings. The molecule has 0 aromatic rings. The van der Waals surface area contributed by atoms with E-state index in [9.17, 15) is 4.79 Å². The highest BCUT2D eigenvalue weighted by molar-refractivity contribution is 5.82. The molecule has 1 heterocycles. The average molecular weight is 237 g/mol. The van der Waals surface area contributed by atoms with Gasteiger partial charge in [0.1, 0.15) is 6.04 Å². The summed E-state index contributed by atoms with van der Waals surface area (Å²) >= 11 is 0. The van der Waals surface area contributed by atoms with Gasteiger partial charge in [0.2, 0.25) is 5.91 Å². The third-order valence-corrected chi connectivity index (χ3v) is 3.16. The lowest BCUT2D eigenvalue weighted by Gasteiger charge is -2.41. The highest BCUT2D eigenvalue weighted by Gasteiger charge is 2.40. The fraction of sp³-hybridized carbons (Fsp3) is 0.846. The topological polar surface area (TPSA) is 56.1 Å². The van der Waals surface area contributed by atoms with Crippen molar-refractivity contribution in [2.24, 2.45) is 5.41 Å². The molecular weight excluding hydrogens is 214 g/mol. The van der Waals surface area contributed by atoms with E-state index in [1.807, 2.05) is 0 Å². The normalized spacial score (nSPS) is 25.9. The second-order valence-electron chi connectivity index (χ2n) is 6.56. The van der Waals surface area contributed by atoms with Gasteiger partial charge in [-0.2, -0.15) is 5.26 Å². The van der Waals surface area contributed by atoms with Crippen molar-refractivity contribution < 1.29 is 4.79 Å². The van der Waals surface area contributed by atoms with Gasteiger partial charge in [-0.05, 0) is 26.2 Å². The predicted octanol–water partition coefficient (Wildman–Crippen LogP) is 1.53. The number of carbonyl (C=O) groups is 1. The highest BCUT2D eigenvalue weighted by Crippen LogP contribution is 2.28. The molecule has 1 fully saturated rings. The van der Waals surface area contributed by atoms with Crippen molar-refractivity contribution >= 4 is 5.91 Å². The second kappa shape index (κ2) is 4.66. The summed E-state index contributed by atoms with van der Waals surface area (Å²) < 4.78 is 0. The highest BCUT2D eigenvalue weighted by atomic mass is 16.2. The summed E-state index contributed by atoms with van der Waals surface area (Å²) in [5, 5.41) is 11.8. The van der Waals surface area contributed by atoms with E-state index >= 15 is 0 Å². The van der Waals surface area contributed by atoms with E-state index in [4.69, 9.17) is 5.26 Å². The summed E-state index contributed by atoms with van der Waals surface area (Å²) in [4.78, 5) is 14.2. The lowest BCUT2D eigenvalue weighted by Crippen LogP contribution is -2.53. The second-order valence-corrected chi connectivity index (χ2v) is 6.56. The van der Waals surface area contributed by atoms with Gasteiger partial charge in [0.05, 0.1) is 12.5 Å². The van der Waals surface area contributed by atoms with Crippen LogP contribution in [0.3, 0.4) is 0 Å². The van der Waals surface area contributed by atoms with Crippen LogP contribution in [0.2, 0.25) is 0 Å². The van der Waals surface area contributed by atoms with Crippen LogP contribution in [0.4, 0.5) is 0 Å². The number of nitrogens with one attached hydrogen (secondary N) is 1. The van der Waals surface area contributed by atoms with E-state index in [-0.39, 0.29) is 29.3 Å². The van der Waals surface area contributed by atoms with E-state index in [0.717, 1.165) is 6.54 Å². The first kappa shape index (κ1) is 14.0. The Morgan fingerprint density at radius 1 is 1.53 bits per heavy atom. The van der Waals surface area contributed by atoms with Crippen LogP contribution in [0.5, 0.6) is 0 Å². The molecule has 0 aliphatic carbocycles. The van der Waals surface area contributed by atoms with Gasteiger partial charge in [0, 0.05) is 18.6 Å². The molecular formula is C13H23N3O. The molecule has 1 saturated heterocycles. The van der Waals surface area contributed by atoms with Gasteiger partial charge in [-0.1, -0.05) is 13.8 Å². The molecule has 1 unspecified atom stereocenters. The molecule has 0 bridgehead atoms. The quantitative estimate of drug-likeness (QED) is 0.752. The minimum absolute atomic E-state index is 0.0212. The van der Waals surface area contributed by atoms with Gasteiger partial charge in [-0.3, -0.25) is 9.69 Å². The molecule has 1 N–H and O–H groups in total. The zero-order valence-corrected chi connectivity index (χ0v) is 11.5. The molecule has 1 atom stereocenters. The van der Waals surface area contributed by atoms with Crippen molar-refractivity contribution in [1.82, 2.24) is 10.2 Å². The largest absolute Gasteiger partial charge is 0.354 e. The van der Waals surface area contributed by atoms with Gasteiger partial charge in [0.25, 0.3) is 0 Å². The van der Waals surface area contributed by atoms with Crippen LogP contribution < -0.4 is 5.32 Å². The molecule has 1 aliphatic heterocycles. The molecule has 17 heavy (non-hydrogen) atoms. The number of hydrogen-bond acceptors (Lipinski definition) is 3. The Labute approximate surface area is 104 Å². The lowest BCUT2D eigenvalue weighted by molar-refractivity contribution is -0.127. The standard InChI is InChI=1S/C13H23N3O/c1-12(2,3)16-9-13(4,5)8-15-11(17)10(16)6-7-14/h10H,6,8-9H2,1-5H3,(H,15,17). The minimum Gasteiger partial charge on any atom is -0.354 e. The smallest absolute Gasteiger partial charge is 0.238 e. The third kappa shape index (κ3) is 3.44. The van der Waals surface area contributed by atoms with E-state index in [1.54, 1.807) is 0 Å². The van der Waals surface area contributed by atoms with Gasteiger partial charge in [-0.15, -0.1) is 0 Å². The Morgan fingerprint density at radius 2 is 2.12 bits per heavy atom. The van der Waals surface area contributed by atoms with Crippen LogP contribution in [0.1, 0.15) is 41.0 Å². The van der Waals surface area contributed by atoms with Crippen LogP contribution in [-0.4, -0.2) is 35.5 Å². The van der Waals surface area contributed by atoms with E-state index in [2.05, 4.69) is 50.9 Å². The number of hydrogen-bond donors (Lipinski definition) is 1. The molecule has 4 nitrogen and oxygen atoms in total. The number of nitriles is 1. The first-order valence-electron chi connectivity index (χ1n) is 6.09. The summed E-state index contributed by atoms with van der Waals surface area (Å²) in [6.45, 7) is 12.0. The maximum absolute atomic E-state index is 12.0. The first-order valence-corrected chi connectivity index (χ1v) is 6.09. The van der Waals surface area contributed by atoms with Gasteiger partial charge in [0.15, 0.2) is 0 Å². The van der Waals surface area contributed by atoms with Crippen molar-refractivity contribution in [2.45, 2.75) is 52.6 Å². The molecule has 1 amide bonds. The Bertz CT molecular complexity index is 336. The molecule has 1 rings (SSSR count). The number of amides is 1. The number of nitrogens with zero attached hydrogens (tertiary/aromatic N) is 2. The summed E-state index contributed by atoms with van der Waals surface area (Å²) in [5.74, 6) is -0.0212. The zero-order chi connectivity index (χ0) is 13.3. The maximum atomic E-state index is 12.0. The zero-order valence-electron chi connectivity index (χ0n) is 11.5. The number of rotatable bonds is 1. The van der Waals surface area contributed by atoms with Crippen LogP contribution in [0, 0.1) is 16.7 Å². The van der Waals surface area contributed by atoms with Gasteiger partial charge >= 0.3 is 0 Å². The maximum Gasteiger partial charge on any atom is 0.238 e. The Hall–Kier alpha value is -1.08. The van der Waals surface area contributed by atoms with Crippen molar-refractivity contribution in [1.29, 1.82) is 5.26 Å². The van der Waals surface area contributed by atoms with Crippen molar-refractivity contribution in [2.75, 3.05) is 13.1 Å². The third-order valence-electron chi connectivity index (χ3n) is 3.16. The fourth-order valence-corrected chi connectivity index (χ4v) is 2.21. The number of carbonyl (C=O) groups excluding carboxylic acids is 1. The van der Waals surface area contributed by atoms with Crippen molar-refractivity contribution in [3.63, 3.8) is 0 Å². The lowest BCUT2D eigenvalue weighted by atomic mass is 9.90. The van der Waals surface area contributed by atoms with Crippen LogP contribution >= 0.6 is 0 Å². The summed E-state index contributed by atoms with van der Waals surface area (Å²) in [6.07, 6.45) is 0.249. The Balaban J connectivity index is 3.06. The van der Waals surface area contributed by atoms with Crippen molar-refractivity contribution in [3.8, 4) is 6.07 Å². The molecule has 0 radical (unpaired) electrons. The minimum atomic E-state index is -0.332. The Kier molecular flexibility index (Phi) is 3.83. The first-order chi connectivity index (χ1) is 7.67. The van der Waals surface area contributed by atoms with Gasteiger partial charge < -0.3 is 5.32 Å². The van der Waals surface area contributed by atoms with Gasteiger partial charge in [-0.25, -0.2) is 0 Å². The van der Waals surface area contributed by atoms with E-state index < -0.39 is 0 Å². The fourth-order valence-electron chi connectivity index (χ4n) is 2.21.